The standard InChI is InChI=1S/C7H9NO3/c1-5-3-8-7(11-5)6(2)10-4-9/h3-4,6H,1-2H3. The van der Waals surface area contributed by atoms with Gasteiger partial charge in [-0.2, -0.15) is 0 Å². The van der Waals surface area contributed by atoms with E-state index in [1.807, 2.05) is 0 Å². The van der Waals surface area contributed by atoms with Crippen molar-refractivity contribution in [2.24, 2.45) is 0 Å². The van der Waals surface area contributed by atoms with Crippen molar-refractivity contribution >= 4 is 6.47 Å². The van der Waals surface area contributed by atoms with Crippen molar-refractivity contribution < 1.29 is 13.9 Å². The van der Waals surface area contributed by atoms with Crippen molar-refractivity contribution in [1.29, 1.82) is 0 Å². The quantitative estimate of drug-likeness (QED) is 0.616. The van der Waals surface area contributed by atoms with Crippen LogP contribution in [-0.2, 0) is 9.53 Å². The van der Waals surface area contributed by atoms with E-state index in [0.717, 1.165) is 0 Å². The molecule has 4 nitrogen and oxygen atoms in total. The van der Waals surface area contributed by atoms with E-state index >= 15 is 0 Å². The van der Waals surface area contributed by atoms with E-state index in [0.29, 0.717) is 18.1 Å². The third-order valence-electron chi connectivity index (χ3n) is 1.25. The summed E-state index contributed by atoms with van der Waals surface area (Å²) < 4.78 is 9.71. The van der Waals surface area contributed by atoms with Crippen molar-refractivity contribution in [1.82, 2.24) is 4.98 Å². The number of aromatic nitrogens is 1. The fraction of sp³-hybridized carbons (Fsp3) is 0.429. The number of rotatable bonds is 3. The largest absolute Gasteiger partial charge is 0.455 e. The van der Waals surface area contributed by atoms with Crippen molar-refractivity contribution in [2.45, 2.75) is 20.0 Å². The smallest absolute Gasteiger partial charge is 0.293 e. The molecule has 0 aliphatic heterocycles. The predicted molar refractivity (Wildman–Crippen MR) is 36.8 cm³/mol. The molecule has 60 valence electrons. The minimum Gasteiger partial charge on any atom is -0.455 e. The van der Waals surface area contributed by atoms with Gasteiger partial charge in [-0.3, -0.25) is 4.79 Å². The Morgan fingerprint density at radius 3 is 3.00 bits per heavy atom. The Morgan fingerprint density at radius 1 is 1.82 bits per heavy atom. The monoisotopic (exact) mass is 155 g/mol. The van der Waals surface area contributed by atoms with E-state index in [9.17, 15) is 4.79 Å². The number of oxazole rings is 1. The van der Waals surface area contributed by atoms with Crippen LogP contribution in [0, 0.1) is 6.92 Å². The fourth-order valence-corrected chi connectivity index (χ4v) is 0.702. The summed E-state index contributed by atoms with van der Waals surface area (Å²) in [6.45, 7) is 3.86. The van der Waals surface area contributed by atoms with Gasteiger partial charge in [-0.1, -0.05) is 0 Å². The molecule has 0 saturated heterocycles. The molecular weight excluding hydrogens is 146 g/mol. The number of ether oxygens (including phenoxy) is 1. The molecule has 11 heavy (non-hydrogen) atoms. The van der Waals surface area contributed by atoms with Crippen molar-refractivity contribution in [3.05, 3.63) is 17.8 Å². The summed E-state index contributed by atoms with van der Waals surface area (Å²) in [7, 11) is 0. The second-order valence-corrected chi connectivity index (χ2v) is 2.18. The summed E-state index contributed by atoms with van der Waals surface area (Å²) in [4.78, 5) is 13.8. The highest BCUT2D eigenvalue weighted by Crippen LogP contribution is 2.14. The molecule has 0 aliphatic carbocycles. The Labute approximate surface area is 64.2 Å². The van der Waals surface area contributed by atoms with Crippen LogP contribution in [0.5, 0.6) is 0 Å². The van der Waals surface area contributed by atoms with Gasteiger partial charge < -0.3 is 9.15 Å². The minimum absolute atomic E-state index is 0.379. The third kappa shape index (κ3) is 1.80. The Balaban J connectivity index is 2.67. The van der Waals surface area contributed by atoms with Gasteiger partial charge in [0, 0.05) is 0 Å². The topological polar surface area (TPSA) is 52.3 Å². The SMILES string of the molecule is Cc1cnc(C(C)OC=O)o1. The zero-order valence-electron chi connectivity index (χ0n) is 6.40. The molecule has 1 aromatic heterocycles. The van der Waals surface area contributed by atoms with Gasteiger partial charge in [0.2, 0.25) is 5.89 Å². The zero-order chi connectivity index (χ0) is 8.27. The summed E-state index contributed by atoms with van der Waals surface area (Å²) in [6.07, 6.45) is 1.18. The molecular formula is C7H9NO3. The molecule has 1 aromatic rings. The van der Waals surface area contributed by atoms with Crippen molar-refractivity contribution in [3.8, 4) is 0 Å². The van der Waals surface area contributed by atoms with Gasteiger partial charge in [0.05, 0.1) is 6.20 Å². The molecule has 0 amide bonds. The van der Waals surface area contributed by atoms with Gasteiger partial charge in [-0.25, -0.2) is 4.98 Å². The van der Waals surface area contributed by atoms with Crippen LogP contribution in [0.4, 0.5) is 0 Å². The van der Waals surface area contributed by atoms with E-state index in [4.69, 9.17) is 4.42 Å². The fourth-order valence-electron chi connectivity index (χ4n) is 0.702. The van der Waals surface area contributed by atoms with Crippen LogP contribution in [-0.4, -0.2) is 11.5 Å². The molecule has 0 spiro atoms. The van der Waals surface area contributed by atoms with Gasteiger partial charge in [0.1, 0.15) is 5.76 Å². The highest BCUT2D eigenvalue weighted by molar-refractivity contribution is 5.37. The molecule has 0 bridgehead atoms. The Bertz CT molecular complexity index is 244. The molecule has 1 atom stereocenters. The van der Waals surface area contributed by atoms with Gasteiger partial charge in [0.25, 0.3) is 6.47 Å². The number of aryl methyl sites for hydroxylation is 1. The van der Waals surface area contributed by atoms with Crippen LogP contribution < -0.4 is 0 Å². The number of nitrogens with zero attached hydrogens (tertiary/aromatic N) is 1. The van der Waals surface area contributed by atoms with Gasteiger partial charge in [0.15, 0.2) is 6.10 Å². The molecule has 0 aliphatic rings. The first-order chi connectivity index (χ1) is 5.24. The highest BCUT2D eigenvalue weighted by Gasteiger charge is 2.10. The van der Waals surface area contributed by atoms with Crippen molar-refractivity contribution in [2.75, 3.05) is 0 Å². The van der Waals surface area contributed by atoms with E-state index < -0.39 is 6.10 Å². The Hall–Kier alpha value is -1.32. The lowest BCUT2D eigenvalue weighted by Crippen LogP contribution is -1.97. The summed E-state index contributed by atoms with van der Waals surface area (Å²) in [6, 6.07) is 0. The number of carbonyl (C=O) groups is 1. The lowest BCUT2D eigenvalue weighted by Gasteiger charge is -2.02. The molecule has 1 unspecified atom stereocenters. The number of hydrogen-bond acceptors (Lipinski definition) is 4. The van der Waals surface area contributed by atoms with E-state index in [1.54, 1.807) is 20.0 Å². The second kappa shape index (κ2) is 3.18. The average Bonchev–Trinajstić information content (AvgIpc) is 2.36. The molecule has 1 heterocycles. The van der Waals surface area contributed by atoms with Crippen LogP contribution in [0.25, 0.3) is 0 Å². The predicted octanol–water partition coefficient (Wildman–Crippen LogP) is 1.22. The molecule has 1 rings (SSSR count). The van der Waals surface area contributed by atoms with Crippen LogP contribution >= 0.6 is 0 Å². The summed E-state index contributed by atoms with van der Waals surface area (Å²) >= 11 is 0. The normalized spacial score (nSPS) is 12.5. The number of hydrogen-bond donors (Lipinski definition) is 0. The van der Waals surface area contributed by atoms with Crippen LogP contribution in [0.3, 0.4) is 0 Å². The summed E-state index contributed by atoms with van der Waals surface area (Å²) in [5.74, 6) is 1.14. The Kier molecular flexibility index (Phi) is 2.25. The van der Waals surface area contributed by atoms with E-state index in [-0.39, 0.29) is 0 Å². The average molecular weight is 155 g/mol. The summed E-state index contributed by atoms with van der Waals surface area (Å²) in [5.41, 5.74) is 0. The van der Waals surface area contributed by atoms with Crippen LogP contribution in [0.15, 0.2) is 10.6 Å². The van der Waals surface area contributed by atoms with Crippen LogP contribution in [0.1, 0.15) is 24.7 Å². The maximum atomic E-state index is 9.90. The lowest BCUT2D eigenvalue weighted by atomic mass is 10.4. The van der Waals surface area contributed by atoms with Gasteiger partial charge in [-0.05, 0) is 13.8 Å². The molecule has 4 heteroatoms. The molecule has 0 radical (unpaired) electrons. The maximum Gasteiger partial charge on any atom is 0.293 e. The first-order valence-electron chi connectivity index (χ1n) is 3.25. The van der Waals surface area contributed by atoms with E-state index in [1.165, 1.54) is 0 Å². The first kappa shape index (κ1) is 7.78. The Morgan fingerprint density at radius 2 is 2.55 bits per heavy atom. The molecule has 0 fully saturated rings. The molecule has 0 N–H and O–H groups in total. The molecule has 0 aromatic carbocycles. The maximum absolute atomic E-state index is 9.90. The lowest BCUT2D eigenvalue weighted by molar-refractivity contribution is -0.134. The van der Waals surface area contributed by atoms with Gasteiger partial charge in [-0.15, -0.1) is 0 Å². The first-order valence-corrected chi connectivity index (χ1v) is 3.25. The molecule has 0 saturated carbocycles. The number of carbonyl (C=O) groups excluding carboxylic acids is 1. The van der Waals surface area contributed by atoms with Crippen molar-refractivity contribution in [3.63, 3.8) is 0 Å². The van der Waals surface area contributed by atoms with Crippen LogP contribution in [0.2, 0.25) is 0 Å². The van der Waals surface area contributed by atoms with Gasteiger partial charge >= 0.3 is 0 Å². The highest BCUT2D eigenvalue weighted by atomic mass is 16.5. The summed E-state index contributed by atoms with van der Waals surface area (Å²) in [5, 5.41) is 0. The zero-order valence-corrected chi connectivity index (χ0v) is 6.40. The second-order valence-electron chi connectivity index (χ2n) is 2.18. The van der Waals surface area contributed by atoms with E-state index in [2.05, 4.69) is 9.72 Å². The third-order valence-corrected chi connectivity index (χ3v) is 1.25. The minimum atomic E-state index is -0.402.